The third-order valence-electron chi connectivity index (χ3n) is 5.58. The van der Waals surface area contributed by atoms with Gasteiger partial charge in [0.1, 0.15) is 4.90 Å². The Morgan fingerprint density at radius 1 is 1.13 bits per heavy atom. The summed E-state index contributed by atoms with van der Waals surface area (Å²) in [5.74, 6) is -0.908. The lowest BCUT2D eigenvalue weighted by Crippen LogP contribution is -2.31. The van der Waals surface area contributed by atoms with E-state index in [1.54, 1.807) is 6.07 Å². The van der Waals surface area contributed by atoms with Gasteiger partial charge in [-0.15, -0.1) is 0 Å². The van der Waals surface area contributed by atoms with Gasteiger partial charge in [-0.05, 0) is 61.8 Å². The zero-order valence-electron chi connectivity index (χ0n) is 17.1. The smallest absolute Gasteiger partial charge is 0.269 e. The van der Waals surface area contributed by atoms with E-state index in [1.807, 2.05) is 18.2 Å². The number of amides is 2. The predicted octanol–water partition coefficient (Wildman–Crippen LogP) is 3.09. The van der Waals surface area contributed by atoms with Crippen molar-refractivity contribution in [1.29, 1.82) is 0 Å². The van der Waals surface area contributed by atoms with Crippen LogP contribution >= 0.6 is 0 Å². The second kappa shape index (κ2) is 7.85. The summed E-state index contributed by atoms with van der Waals surface area (Å²) in [6, 6.07) is 11.6. The average Bonchev–Trinajstić information content (AvgIpc) is 3.53. The van der Waals surface area contributed by atoms with Crippen molar-refractivity contribution < 1.29 is 18.0 Å². The molecule has 1 aliphatic carbocycles. The van der Waals surface area contributed by atoms with Gasteiger partial charge in [0, 0.05) is 23.8 Å². The van der Waals surface area contributed by atoms with Crippen LogP contribution in [0.2, 0.25) is 0 Å². The molecule has 2 aromatic rings. The van der Waals surface area contributed by atoms with Crippen molar-refractivity contribution in [2.75, 3.05) is 18.4 Å². The fourth-order valence-corrected chi connectivity index (χ4v) is 5.56. The molecule has 0 saturated heterocycles. The zero-order valence-corrected chi connectivity index (χ0v) is 17.9. The van der Waals surface area contributed by atoms with Crippen molar-refractivity contribution in [3.05, 3.63) is 59.2 Å². The molecule has 0 spiro atoms. The maximum atomic E-state index is 12.8. The summed E-state index contributed by atoms with van der Waals surface area (Å²) >= 11 is 0. The number of anilines is 1. The Labute approximate surface area is 176 Å². The minimum absolute atomic E-state index is 0.0812. The van der Waals surface area contributed by atoms with E-state index >= 15 is 0 Å². The fourth-order valence-electron chi connectivity index (χ4n) is 3.71. The number of rotatable bonds is 7. The van der Waals surface area contributed by atoms with Crippen LogP contribution in [0, 0.1) is 0 Å². The van der Waals surface area contributed by atoms with Gasteiger partial charge in [-0.1, -0.05) is 26.0 Å². The highest BCUT2D eigenvalue weighted by Gasteiger charge is 2.48. The lowest BCUT2D eigenvalue weighted by Gasteiger charge is -2.18. The van der Waals surface area contributed by atoms with Crippen LogP contribution in [0.25, 0.3) is 0 Å². The van der Waals surface area contributed by atoms with Gasteiger partial charge in [0.25, 0.3) is 21.8 Å². The van der Waals surface area contributed by atoms with E-state index in [0.29, 0.717) is 18.5 Å². The number of nitrogens with one attached hydrogen (secondary N) is 1. The maximum Gasteiger partial charge on any atom is 0.269 e. The Bertz CT molecular complexity index is 1110. The van der Waals surface area contributed by atoms with E-state index in [9.17, 15) is 18.0 Å². The molecule has 1 N–H and O–H groups in total. The Kier molecular flexibility index (Phi) is 5.38. The number of carbonyl (C=O) groups excluding carboxylic acids is 2. The molecule has 158 valence electrons. The molecule has 4 rings (SSSR count). The molecule has 1 fully saturated rings. The van der Waals surface area contributed by atoms with Crippen LogP contribution in [0.1, 0.15) is 53.0 Å². The second-order valence-corrected chi connectivity index (χ2v) is 9.45. The molecular formula is C22H25N3O4S. The van der Waals surface area contributed by atoms with Crippen molar-refractivity contribution in [1.82, 2.24) is 9.21 Å². The monoisotopic (exact) mass is 427 g/mol. The van der Waals surface area contributed by atoms with Crippen molar-refractivity contribution >= 4 is 27.5 Å². The molecule has 7 nitrogen and oxygen atoms in total. The van der Waals surface area contributed by atoms with Gasteiger partial charge in [-0.3, -0.25) is 14.5 Å². The third kappa shape index (κ3) is 3.73. The highest BCUT2D eigenvalue weighted by Crippen LogP contribution is 2.39. The molecule has 1 saturated carbocycles. The lowest BCUT2D eigenvalue weighted by molar-refractivity contribution is 0.0864. The summed E-state index contributed by atoms with van der Waals surface area (Å²) in [6.45, 7) is 6.87. The highest BCUT2D eigenvalue weighted by molar-refractivity contribution is 7.90. The molecule has 8 heteroatoms. The van der Waals surface area contributed by atoms with Gasteiger partial charge in [-0.2, -0.15) is 0 Å². The second-order valence-electron chi connectivity index (χ2n) is 7.66. The zero-order chi connectivity index (χ0) is 21.5. The van der Waals surface area contributed by atoms with Gasteiger partial charge < -0.3 is 5.32 Å². The largest absolute Gasteiger partial charge is 0.322 e. The van der Waals surface area contributed by atoms with Gasteiger partial charge >= 0.3 is 0 Å². The van der Waals surface area contributed by atoms with Crippen LogP contribution in [0.5, 0.6) is 0 Å². The molecule has 0 radical (unpaired) electrons. The van der Waals surface area contributed by atoms with E-state index in [1.165, 1.54) is 18.2 Å². The summed E-state index contributed by atoms with van der Waals surface area (Å²) < 4.78 is 26.5. The van der Waals surface area contributed by atoms with Crippen LogP contribution < -0.4 is 5.32 Å². The summed E-state index contributed by atoms with van der Waals surface area (Å²) in [4.78, 5) is 27.4. The average molecular weight is 428 g/mol. The number of fused-ring (bicyclic) bond motifs is 1. The Morgan fingerprint density at radius 2 is 1.87 bits per heavy atom. The van der Waals surface area contributed by atoms with Crippen LogP contribution in [0.3, 0.4) is 0 Å². The van der Waals surface area contributed by atoms with E-state index in [4.69, 9.17) is 0 Å². The number of benzene rings is 2. The Balaban J connectivity index is 1.55. The molecule has 1 aliphatic heterocycles. The summed E-state index contributed by atoms with van der Waals surface area (Å²) in [6.07, 6.45) is 1.38. The van der Waals surface area contributed by atoms with Crippen LogP contribution in [0.4, 0.5) is 5.69 Å². The highest BCUT2D eigenvalue weighted by atomic mass is 32.2. The van der Waals surface area contributed by atoms with Gasteiger partial charge in [-0.25, -0.2) is 12.7 Å². The number of carbonyl (C=O) groups is 2. The van der Waals surface area contributed by atoms with Gasteiger partial charge in [0.15, 0.2) is 0 Å². The minimum atomic E-state index is -3.89. The first kappa shape index (κ1) is 20.6. The van der Waals surface area contributed by atoms with Crippen molar-refractivity contribution in [3.8, 4) is 0 Å². The first-order chi connectivity index (χ1) is 14.3. The van der Waals surface area contributed by atoms with E-state index in [0.717, 1.165) is 29.5 Å². The van der Waals surface area contributed by atoms with E-state index in [-0.39, 0.29) is 22.1 Å². The quantitative estimate of drug-likeness (QED) is 0.734. The van der Waals surface area contributed by atoms with Crippen molar-refractivity contribution in [2.45, 2.75) is 44.2 Å². The summed E-state index contributed by atoms with van der Waals surface area (Å²) in [5.41, 5.74) is 2.07. The Morgan fingerprint density at radius 3 is 2.53 bits per heavy atom. The molecule has 1 heterocycles. The number of hydrogen-bond acceptors (Lipinski definition) is 5. The molecule has 0 atom stereocenters. The van der Waals surface area contributed by atoms with E-state index in [2.05, 4.69) is 24.1 Å². The molecule has 30 heavy (non-hydrogen) atoms. The first-order valence-electron chi connectivity index (χ1n) is 10.2. The summed E-state index contributed by atoms with van der Waals surface area (Å²) in [5, 5.41) is 2.83. The molecule has 0 bridgehead atoms. The third-order valence-corrected chi connectivity index (χ3v) is 7.45. The van der Waals surface area contributed by atoms with Gasteiger partial charge in [0.05, 0.1) is 5.56 Å². The van der Waals surface area contributed by atoms with E-state index < -0.39 is 21.8 Å². The normalized spacial score (nSPS) is 17.3. The fraction of sp³-hybridized carbons (Fsp3) is 0.364. The minimum Gasteiger partial charge on any atom is -0.322 e. The maximum absolute atomic E-state index is 12.8. The van der Waals surface area contributed by atoms with Crippen molar-refractivity contribution in [2.24, 2.45) is 0 Å². The van der Waals surface area contributed by atoms with Crippen LogP contribution in [-0.4, -0.2) is 48.6 Å². The standard InChI is InChI=1S/C22H25N3O4S/c1-3-24(4-2)14-15-6-5-7-17(12-15)23-21(26)16-8-11-19-20(13-16)30(28,29)25(22(19)27)18-9-10-18/h5-8,11-13,18H,3-4,9-10,14H2,1-2H3,(H,23,26). The van der Waals surface area contributed by atoms with Crippen molar-refractivity contribution in [3.63, 3.8) is 0 Å². The molecular weight excluding hydrogens is 402 g/mol. The number of hydrogen-bond donors (Lipinski definition) is 1. The van der Waals surface area contributed by atoms with Crippen LogP contribution in [-0.2, 0) is 16.6 Å². The Hall–Kier alpha value is -2.71. The number of nitrogens with zero attached hydrogens (tertiary/aromatic N) is 2. The molecule has 2 aromatic carbocycles. The lowest BCUT2D eigenvalue weighted by atomic mass is 10.1. The van der Waals surface area contributed by atoms with Crippen LogP contribution in [0.15, 0.2) is 47.4 Å². The molecule has 0 unspecified atom stereocenters. The topological polar surface area (TPSA) is 86.8 Å². The first-order valence-corrected chi connectivity index (χ1v) is 11.6. The molecule has 0 aromatic heterocycles. The predicted molar refractivity (Wildman–Crippen MR) is 114 cm³/mol. The SMILES string of the molecule is CCN(CC)Cc1cccc(NC(=O)c2ccc3c(c2)S(=O)(=O)N(C2CC2)C3=O)c1. The summed E-state index contributed by atoms with van der Waals surface area (Å²) in [7, 11) is -3.89. The number of sulfonamides is 1. The van der Waals surface area contributed by atoms with Gasteiger partial charge in [0.2, 0.25) is 0 Å². The molecule has 2 amide bonds. The molecule has 2 aliphatic rings.